The van der Waals surface area contributed by atoms with E-state index in [1.54, 1.807) is 6.07 Å². The lowest BCUT2D eigenvalue weighted by Gasteiger charge is -2.34. The lowest BCUT2D eigenvalue weighted by atomic mass is 10.3. The molecule has 0 saturated carbocycles. The van der Waals surface area contributed by atoms with Crippen LogP contribution >= 0.6 is 11.6 Å². The first kappa shape index (κ1) is 13.0. The van der Waals surface area contributed by atoms with E-state index in [1.807, 2.05) is 0 Å². The van der Waals surface area contributed by atoms with Crippen molar-refractivity contribution in [2.45, 2.75) is 0 Å². The lowest BCUT2D eigenvalue weighted by molar-refractivity contribution is -0.142. The summed E-state index contributed by atoms with van der Waals surface area (Å²) in [7, 11) is 1.40. The third-order valence-corrected chi connectivity index (χ3v) is 3.10. The third kappa shape index (κ3) is 3.30. The first-order valence-corrected chi connectivity index (χ1v) is 6.08. The Morgan fingerprint density at radius 3 is 2.72 bits per heavy atom. The Hall–Kier alpha value is -1.40. The number of carbonyl (C=O) groups excluding carboxylic acids is 1. The molecular weight excluding hydrogens is 256 g/mol. The van der Waals surface area contributed by atoms with Crippen molar-refractivity contribution in [3.05, 3.63) is 17.5 Å². The van der Waals surface area contributed by atoms with Gasteiger partial charge in [0.15, 0.2) is 0 Å². The van der Waals surface area contributed by atoms with Crippen LogP contribution in [0.25, 0.3) is 0 Å². The standard InChI is InChI=1S/C11H15ClN4O2/c1-18-11(17)7-15-2-4-16(5-3-15)10-6-9(12)13-8-14-10/h6,8H,2-5,7H2,1H3. The highest BCUT2D eigenvalue weighted by Gasteiger charge is 2.20. The van der Waals surface area contributed by atoms with Crippen molar-refractivity contribution in [1.29, 1.82) is 0 Å². The van der Waals surface area contributed by atoms with Gasteiger partial charge in [0.2, 0.25) is 0 Å². The third-order valence-electron chi connectivity index (χ3n) is 2.90. The van der Waals surface area contributed by atoms with Gasteiger partial charge in [0.05, 0.1) is 13.7 Å². The minimum absolute atomic E-state index is 0.200. The Morgan fingerprint density at radius 2 is 2.11 bits per heavy atom. The van der Waals surface area contributed by atoms with E-state index in [0.29, 0.717) is 11.7 Å². The summed E-state index contributed by atoms with van der Waals surface area (Å²) in [6.45, 7) is 3.57. The van der Waals surface area contributed by atoms with E-state index in [9.17, 15) is 4.79 Å². The molecule has 0 N–H and O–H groups in total. The Morgan fingerprint density at radius 1 is 1.39 bits per heavy atom. The highest BCUT2D eigenvalue weighted by Crippen LogP contribution is 2.15. The molecule has 1 aromatic heterocycles. The van der Waals surface area contributed by atoms with Gasteiger partial charge in [0, 0.05) is 32.2 Å². The van der Waals surface area contributed by atoms with E-state index in [1.165, 1.54) is 13.4 Å². The Labute approximate surface area is 111 Å². The van der Waals surface area contributed by atoms with Gasteiger partial charge in [0.1, 0.15) is 17.3 Å². The van der Waals surface area contributed by atoms with Crippen LogP contribution < -0.4 is 4.90 Å². The van der Waals surface area contributed by atoms with Gasteiger partial charge >= 0.3 is 5.97 Å². The number of methoxy groups -OCH3 is 1. The van der Waals surface area contributed by atoms with Crippen LogP contribution in [0.4, 0.5) is 5.82 Å². The zero-order valence-electron chi connectivity index (χ0n) is 10.2. The number of piperazine rings is 1. The summed E-state index contributed by atoms with van der Waals surface area (Å²) in [6.07, 6.45) is 1.46. The molecule has 18 heavy (non-hydrogen) atoms. The van der Waals surface area contributed by atoms with Crippen LogP contribution in [0.3, 0.4) is 0 Å². The van der Waals surface area contributed by atoms with Gasteiger partial charge in [-0.05, 0) is 0 Å². The number of nitrogens with zero attached hydrogens (tertiary/aromatic N) is 4. The SMILES string of the molecule is COC(=O)CN1CCN(c2cc(Cl)ncn2)CC1. The second-order valence-electron chi connectivity index (χ2n) is 4.04. The van der Waals surface area contributed by atoms with E-state index in [0.717, 1.165) is 32.0 Å². The number of rotatable bonds is 3. The summed E-state index contributed by atoms with van der Waals surface area (Å²) in [6, 6.07) is 1.75. The topological polar surface area (TPSA) is 58.6 Å². The molecule has 0 radical (unpaired) electrons. The fourth-order valence-corrected chi connectivity index (χ4v) is 2.02. The summed E-state index contributed by atoms with van der Waals surface area (Å²) in [5, 5.41) is 0.442. The van der Waals surface area contributed by atoms with E-state index in [-0.39, 0.29) is 5.97 Å². The molecule has 6 nitrogen and oxygen atoms in total. The summed E-state index contributed by atoms with van der Waals surface area (Å²) >= 11 is 5.83. The van der Waals surface area contributed by atoms with Crippen LogP contribution in [0.2, 0.25) is 5.15 Å². The van der Waals surface area contributed by atoms with E-state index >= 15 is 0 Å². The van der Waals surface area contributed by atoms with Gasteiger partial charge in [-0.15, -0.1) is 0 Å². The molecule has 0 spiro atoms. The summed E-state index contributed by atoms with van der Waals surface area (Å²) < 4.78 is 4.65. The average Bonchev–Trinajstić information content (AvgIpc) is 2.39. The molecule has 7 heteroatoms. The van der Waals surface area contributed by atoms with Gasteiger partial charge in [-0.2, -0.15) is 0 Å². The highest BCUT2D eigenvalue weighted by atomic mass is 35.5. The molecule has 1 aliphatic rings. The first-order chi connectivity index (χ1) is 8.69. The van der Waals surface area contributed by atoms with E-state index < -0.39 is 0 Å². The van der Waals surface area contributed by atoms with Crippen LogP contribution in [0.1, 0.15) is 0 Å². The first-order valence-electron chi connectivity index (χ1n) is 5.70. The van der Waals surface area contributed by atoms with Crippen molar-refractivity contribution in [3.8, 4) is 0 Å². The van der Waals surface area contributed by atoms with Gasteiger partial charge < -0.3 is 9.64 Å². The molecule has 0 amide bonds. The maximum absolute atomic E-state index is 11.2. The van der Waals surface area contributed by atoms with Crippen molar-refractivity contribution in [1.82, 2.24) is 14.9 Å². The van der Waals surface area contributed by atoms with Crippen molar-refractivity contribution >= 4 is 23.4 Å². The van der Waals surface area contributed by atoms with Gasteiger partial charge in [0.25, 0.3) is 0 Å². The zero-order chi connectivity index (χ0) is 13.0. The number of ether oxygens (including phenoxy) is 1. The largest absolute Gasteiger partial charge is 0.468 e. The number of carbonyl (C=O) groups is 1. The van der Waals surface area contributed by atoms with Gasteiger partial charge in [-0.1, -0.05) is 11.6 Å². The van der Waals surface area contributed by atoms with Gasteiger partial charge in [-0.3, -0.25) is 9.69 Å². The number of aromatic nitrogens is 2. The second kappa shape index (κ2) is 5.97. The van der Waals surface area contributed by atoms with Crippen molar-refractivity contribution in [2.75, 3.05) is 44.7 Å². The molecule has 0 aromatic carbocycles. The molecule has 1 aromatic rings. The van der Waals surface area contributed by atoms with Crippen LogP contribution in [-0.2, 0) is 9.53 Å². The molecule has 0 unspecified atom stereocenters. The molecular formula is C11H15ClN4O2. The average molecular weight is 271 g/mol. The van der Waals surface area contributed by atoms with Crippen LogP contribution in [0.15, 0.2) is 12.4 Å². The molecule has 1 saturated heterocycles. The number of halogens is 1. The number of esters is 1. The number of anilines is 1. The fraction of sp³-hybridized carbons (Fsp3) is 0.545. The Bertz CT molecular complexity index is 421. The number of hydrogen-bond acceptors (Lipinski definition) is 6. The normalized spacial score (nSPS) is 16.7. The summed E-state index contributed by atoms with van der Waals surface area (Å²) in [4.78, 5) is 23.4. The van der Waals surface area contributed by atoms with E-state index in [4.69, 9.17) is 11.6 Å². The molecule has 2 rings (SSSR count). The second-order valence-corrected chi connectivity index (χ2v) is 4.43. The minimum Gasteiger partial charge on any atom is -0.468 e. The smallest absolute Gasteiger partial charge is 0.319 e. The van der Waals surface area contributed by atoms with E-state index in [2.05, 4.69) is 24.5 Å². The van der Waals surface area contributed by atoms with Gasteiger partial charge in [-0.25, -0.2) is 9.97 Å². The summed E-state index contributed by atoms with van der Waals surface area (Å²) in [5.41, 5.74) is 0. The zero-order valence-corrected chi connectivity index (χ0v) is 10.9. The quantitative estimate of drug-likeness (QED) is 0.586. The Kier molecular flexibility index (Phi) is 4.33. The van der Waals surface area contributed by atoms with Crippen molar-refractivity contribution in [3.63, 3.8) is 0 Å². The predicted molar refractivity (Wildman–Crippen MR) is 67.7 cm³/mol. The molecule has 0 bridgehead atoms. The highest BCUT2D eigenvalue weighted by molar-refractivity contribution is 6.29. The Balaban J connectivity index is 1.88. The lowest BCUT2D eigenvalue weighted by Crippen LogP contribution is -2.48. The molecule has 2 heterocycles. The molecule has 1 fully saturated rings. The maximum Gasteiger partial charge on any atom is 0.319 e. The number of hydrogen-bond donors (Lipinski definition) is 0. The molecule has 1 aliphatic heterocycles. The molecule has 0 atom stereocenters. The maximum atomic E-state index is 11.2. The molecule has 98 valence electrons. The fourth-order valence-electron chi connectivity index (χ4n) is 1.88. The van der Waals surface area contributed by atoms with Crippen LogP contribution in [0, 0.1) is 0 Å². The van der Waals surface area contributed by atoms with Crippen LogP contribution in [0.5, 0.6) is 0 Å². The summed E-state index contributed by atoms with van der Waals surface area (Å²) in [5.74, 6) is 0.626. The van der Waals surface area contributed by atoms with Crippen molar-refractivity contribution < 1.29 is 9.53 Å². The van der Waals surface area contributed by atoms with Crippen LogP contribution in [-0.4, -0.2) is 60.7 Å². The molecule has 0 aliphatic carbocycles. The van der Waals surface area contributed by atoms with Crippen molar-refractivity contribution in [2.24, 2.45) is 0 Å². The minimum atomic E-state index is -0.200. The monoisotopic (exact) mass is 270 g/mol. The predicted octanol–water partition coefficient (Wildman–Crippen LogP) is 0.425.